The SMILES string of the molecule is NCCc1cc2c(cc1N)C[C@@]1(C=Nc3ncccc31)C2. The summed E-state index contributed by atoms with van der Waals surface area (Å²) in [6.45, 7) is 0.627. The molecule has 4 heteroatoms. The van der Waals surface area contributed by atoms with Crippen LogP contribution in [-0.2, 0) is 24.7 Å². The van der Waals surface area contributed by atoms with Gasteiger partial charge in [-0.2, -0.15) is 0 Å². The Bertz CT molecular complexity index is 750. The lowest BCUT2D eigenvalue weighted by Crippen LogP contribution is -2.25. The summed E-state index contributed by atoms with van der Waals surface area (Å²) >= 11 is 0. The predicted molar refractivity (Wildman–Crippen MR) is 85.1 cm³/mol. The van der Waals surface area contributed by atoms with Crippen molar-refractivity contribution in [3.63, 3.8) is 0 Å². The fourth-order valence-corrected chi connectivity index (χ4v) is 3.63. The molecule has 1 aromatic carbocycles. The summed E-state index contributed by atoms with van der Waals surface area (Å²) in [5.74, 6) is 0.862. The van der Waals surface area contributed by atoms with Crippen LogP contribution in [0.15, 0.2) is 35.5 Å². The Morgan fingerprint density at radius 3 is 2.81 bits per heavy atom. The molecule has 106 valence electrons. The first-order chi connectivity index (χ1) is 10.2. The van der Waals surface area contributed by atoms with Gasteiger partial charge in [-0.15, -0.1) is 0 Å². The van der Waals surface area contributed by atoms with Crippen LogP contribution in [0.25, 0.3) is 0 Å². The topological polar surface area (TPSA) is 77.3 Å². The fourth-order valence-electron chi connectivity index (χ4n) is 3.63. The van der Waals surface area contributed by atoms with Crippen LogP contribution in [0.1, 0.15) is 22.3 Å². The smallest absolute Gasteiger partial charge is 0.155 e. The molecule has 1 aliphatic heterocycles. The maximum Gasteiger partial charge on any atom is 0.155 e. The number of pyridine rings is 1. The molecule has 0 fully saturated rings. The first kappa shape index (κ1) is 12.5. The Morgan fingerprint density at radius 2 is 2.00 bits per heavy atom. The van der Waals surface area contributed by atoms with Crippen LogP contribution in [0.2, 0.25) is 0 Å². The molecule has 4 nitrogen and oxygen atoms in total. The van der Waals surface area contributed by atoms with Gasteiger partial charge in [0.1, 0.15) is 0 Å². The number of hydrogen-bond acceptors (Lipinski definition) is 4. The van der Waals surface area contributed by atoms with Gasteiger partial charge in [-0.1, -0.05) is 12.1 Å². The summed E-state index contributed by atoms with van der Waals surface area (Å²) < 4.78 is 0. The minimum atomic E-state index is -0.0281. The van der Waals surface area contributed by atoms with Crippen LogP contribution in [0, 0.1) is 0 Å². The second kappa shape index (κ2) is 4.40. The van der Waals surface area contributed by atoms with Crippen molar-refractivity contribution in [3.05, 3.63) is 52.7 Å². The van der Waals surface area contributed by atoms with E-state index in [0.717, 1.165) is 36.3 Å². The van der Waals surface area contributed by atoms with E-state index in [2.05, 4.69) is 34.4 Å². The van der Waals surface area contributed by atoms with E-state index in [1.807, 2.05) is 6.07 Å². The molecule has 0 amide bonds. The van der Waals surface area contributed by atoms with Gasteiger partial charge in [0.05, 0.1) is 0 Å². The number of aliphatic imine (C=N–C) groups is 1. The van der Waals surface area contributed by atoms with E-state index in [4.69, 9.17) is 11.5 Å². The molecule has 0 saturated heterocycles. The number of benzene rings is 1. The first-order valence-electron chi connectivity index (χ1n) is 7.33. The first-order valence-corrected chi connectivity index (χ1v) is 7.33. The summed E-state index contributed by atoms with van der Waals surface area (Å²) in [7, 11) is 0. The molecule has 0 saturated carbocycles. The quantitative estimate of drug-likeness (QED) is 0.824. The number of rotatable bonds is 2. The Balaban J connectivity index is 1.77. The molecular formula is C17H18N4. The maximum absolute atomic E-state index is 6.16. The molecule has 2 aliphatic rings. The van der Waals surface area contributed by atoms with Crippen molar-refractivity contribution in [2.45, 2.75) is 24.7 Å². The van der Waals surface area contributed by atoms with Gasteiger partial charge in [0, 0.05) is 29.1 Å². The number of nitrogens with zero attached hydrogens (tertiary/aromatic N) is 2. The van der Waals surface area contributed by atoms with Gasteiger partial charge in [0.15, 0.2) is 5.82 Å². The molecule has 1 atom stereocenters. The van der Waals surface area contributed by atoms with E-state index < -0.39 is 0 Å². The lowest BCUT2D eigenvalue weighted by atomic mass is 9.81. The van der Waals surface area contributed by atoms with Gasteiger partial charge in [0.25, 0.3) is 0 Å². The highest BCUT2D eigenvalue weighted by Crippen LogP contribution is 2.45. The van der Waals surface area contributed by atoms with Crippen molar-refractivity contribution in [1.82, 2.24) is 4.98 Å². The number of nitrogen functional groups attached to an aromatic ring is 1. The van der Waals surface area contributed by atoms with E-state index in [-0.39, 0.29) is 5.41 Å². The standard InChI is InChI=1S/C17H18N4/c18-4-3-11-6-12-8-17(9-13(12)7-15(11)19)10-21-16-14(17)2-1-5-20-16/h1-2,5-7,10H,3-4,8-9,18-19H2/t17-/m1/s1. The second-order valence-electron chi connectivity index (χ2n) is 6.00. The van der Waals surface area contributed by atoms with Crippen molar-refractivity contribution in [2.24, 2.45) is 10.7 Å². The van der Waals surface area contributed by atoms with Crippen LogP contribution in [0.3, 0.4) is 0 Å². The third kappa shape index (κ3) is 1.79. The molecule has 21 heavy (non-hydrogen) atoms. The summed E-state index contributed by atoms with van der Waals surface area (Å²) in [5, 5.41) is 0. The molecule has 4 N–H and O–H groups in total. The molecule has 4 rings (SSSR count). The summed E-state index contributed by atoms with van der Waals surface area (Å²) in [6.07, 6.45) is 6.64. The number of anilines is 1. The Morgan fingerprint density at radius 1 is 1.19 bits per heavy atom. The van der Waals surface area contributed by atoms with Crippen LogP contribution in [0.4, 0.5) is 11.5 Å². The fraction of sp³-hybridized carbons (Fsp3) is 0.294. The van der Waals surface area contributed by atoms with E-state index in [9.17, 15) is 0 Å². The van der Waals surface area contributed by atoms with Gasteiger partial charge in [0.2, 0.25) is 0 Å². The minimum Gasteiger partial charge on any atom is -0.398 e. The summed E-state index contributed by atoms with van der Waals surface area (Å²) in [5.41, 5.74) is 17.8. The van der Waals surface area contributed by atoms with Crippen molar-refractivity contribution in [1.29, 1.82) is 0 Å². The number of fused-ring (bicyclic) bond motifs is 3. The zero-order chi connectivity index (χ0) is 14.4. The molecule has 1 spiro atoms. The number of nitrogens with two attached hydrogens (primary N) is 2. The zero-order valence-corrected chi connectivity index (χ0v) is 11.8. The van der Waals surface area contributed by atoms with Crippen LogP contribution in [0.5, 0.6) is 0 Å². The predicted octanol–water partition coefficient (Wildman–Crippen LogP) is 1.92. The van der Waals surface area contributed by atoms with Crippen LogP contribution < -0.4 is 11.5 Å². The highest BCUT2D eigenvalue weighted by Gasteiger charge is 2.42. The van der Waals surface area contributed by atoms with Crippen LogP contribution >= 0.6 is 0 Å². The van der Waals surface area contributed by atoms with E-state index in [1.54, 1.807) is 6.20 Å². The van der Waals surface area contributed by atoms with Crippen molar-refractivity contribution >= 4 is 17.7 Å². The second-order valence-corrected chi connectivity index (χ2v) is 6.00. The van der Waals surface area contributed by atoms with E-state index in [1.165, 1.54) is 16.7 Å². The number of hydrogen-bond donors (Lipinski definition) is 2. The lowest BCUT2D eigenvalue weighted by Gasteiger charge is -2.20. The monoisotopic (exact) mass is 278 g/mol. The molecule has 0 bridgehead atoms. The molecule has 0 unspecified atom stereocenters. The lowest BCUT2D eigenvalue weighted by molar-refractivity contribution is 0.639. The van der Waals surface area contributed by atoms with Gasteiger partial charge in [-0.05, 0) is 54.6 Å². The third-order valence-corrected chi connectivity index (χ3v) is 4.64. The highest BCUT2D eigenvalue weighted by molar-refractivity contribution is 5.86. The maximum atomic E-state index is 6.16. The Hall–Kier alpha value is -2.20. The van der Waals surface area contributed by atoms with Crippen LogP contribution in [-0.4, -0.2) is 17.7 Å². The average molecular weight is 278 g/mol. The Labute approximate surface area is 123 Å². The Kier molecular flexibility index (Phi) is 2.62. The van der Waals surface area contributed by atoms with Gasteiger partial charge >= 0.3 is 0 Å². The summed E-state index contributed by atoms with van der Waals surface area (Å²) in [6, 6.07) is 8.49. The van der Waals surface area contributed by atoms with Gasteiger partial charge < -0.3 is 11.5 Å². The molecule has 2 aromatic rings. The third-order valence-electron chi connectivity index (χ3n) is 4.64. The van der Waals surface area contributed by atoms with Gasteiger partial charge in [-0.25, -0.2) is 9.98 Å². The average Bonchev–Trinajstić information content (AvgIpc) is 3.02. The van der Waals surface area contributed by atoms with E-state index >= 15 is 0 Å². The molecular weight excluding hydrogens is 260 g/mol. The van der Waals surface area contributed by atoms with Crippen molar-refractivity contribution in [2.75, 3.05) is 12.3 Å². The molecule has 0 radical (unpaired) electrons. The normalized spacial score (nSPS) is 21.8. The van der Waals surface area contributed by atoms with Gasteiger partial charge in [-0.3, -0.25) is 0 Å². The van der Waals surface area contributed by atoms with Crippen molar-refractivity contribution < 1.29 is 0 Å². The minimum absolute atomic E-state index is 0.0281. The van der Waals surface area contributed by atoms with E-state index in [0.29, 0.717) is 6.54 Å². The largest absolute Gasteiger partial charge is 0.398 e. The molecule has 1 aromatic heterocycles. The highest BCUT2D eigenvalue weighted by atomic mass is 14.9. The molecule has 1 aliphatic carbocycles. The van der Waals surface area contributed by atoms with Crippen molar-refractivity contribution in [3.8, 4) is 0 Å². The number of aromatic nitrogens is 1. The zero-order valence-electron chi connectivity index (χ0n) is 11.8. The summed E-state index contributed by atoms with van der Waals surface area (Å²) in [4.78, 5) is 8.88. The molecule has 2 heterocycles.